The fourth-order valence-corrected chi connectivity index (χ4v) is 2.73. The maximum Gasteiger partial charge on any atom is 0.0877 e. The van der Waals surface area contributed by atoms with Gasteiger partial charge in [0, 0.05) is 10.6 Å². The van der Waals surface area contributed by atoms with Crippen LogP contribution in [0.5, 0.6) is 0 Å². The van der Waals surface area contributed by atoms with Crippen molar-refractivity contribution in [1.82, 2.24) is 0 Å². The Hall–Kier alpha value is -1.69. The van der Waals surface area contributed by atoms with Crippen LogP contribution in [0.4, 0.5) is 0 Å². The van der Waals surface area contributed by atoms with Gasteiger partial charge in [-0.25, -0.2) is 0 Å². The van der Waals surface area contributed by atoms with E-state index in [1.165, 1.54) is 0 Å². The largest absolute Gasteiger partial charge is 0.364 e. The summed E-state index contributed by atoms with van der Waals surface area (Å²) in [6.07, 6.45) is 6.95. The standard InChI is InChI=1S/C12H11OP.C6H10/c13-14(11-7-3-1-4-8-11)12-9-5-2-6-10-12;1-3-5-6-4-2/h1-10,13H;3-4,6H,1,5H2,2H3/b;6-4+. The first-order valence-electron chi connectivity index (χ1n) is 6.60. The lowest BCUT2D eigenvalue weighted by molar-refractivity contribution is 0.644. The molecule has 0 aromatic heterocycles. The van der Waals surface area contributed by atoms with Crippen LogP contribution in [-0.2, 0) is 0 Å². The first-order chi connectivity index (χ1) is 9.79. The Balaban J connectivity index is 0.000000286. The lowest BCUT2D eigenvalue weighted by Gasteiger charge is -2.09. The molecule has 1 N–H and O–H groups in total. The first-order valence-corrected chi connectivity index (χ1v) is 7.90. The number of hydrogen-bond donors (Lipinski definition) is 1. The quantitative estimate of drug-likeness (QED) is 0.660. The average molecular weight is 284 g/mol. The molecule has 0 heterocycles. The zero-order valence-corrected chi connectivity index (χ0v) is 12.7. The summed E-state index contributed by atoms with van der Waals surface area (Å²) in [6, 6.07) is 19.5. The highest BCUT2D eigenvalue weighted by atomic mass is 31.1. The van der Waals surface area contributed by atoms with Gasteiger partial charge in [0.05, 0.1) is 8.15 Å². The van der Waals surface area contributed by atoms with E-state index in [0.717, 1.165) is 17.0 Å². The summed E-state index contributed by atoms with van der Waals surface area (Å²) >= 11 is 0. The van der Waals surface area contributed by atoms with Crippen LogP contribution in [0, 0.1) is 0 Å². The minimum atomic E-state index is -1.17. The Labute approximate surface area is 123 Å². The smallest absolute Gasteiger partial charge is 0.0877 e. The van der Waals surface area contributed by atoms with Crippen LogP contribution in [0.15, 0.2) is 85.5 Å². The molecule has 0 aliphatic carbocycles. The summed E-state index contributed by atoms with van der Waals surface area (Å²) in [5.41, 5.74) is 0. The Kier molecular flexibility index (Phi) is 8.30. The zero-order chi connectivity index (χ0) is 14.6. The van der Waals surface area contributed by atoms with Crippen LogP contribution < -0.4 is 10.6 Å². The van der Waals surface area contributed by atoms with Crippen molar-refractivity contribution in [3.8, 4) is 0 Å². The van der Waals surface area contributed by atoms with Crippen molar-refractivity contribution in [3.63, 3.8) is 0 Å². The Morgan fingerprint density at radius 1 is 0.950 bits per heavy atom. The second-order valence-electron chi connectivity index (χ2n) is 4.08. The summed E-state index contributed by atoms with van der Waals surface area (Å²) in [5, 5.41) is 1.99. The monoisotopic (exact) mass is 284 g/mol. The van der Waals surface area contributed by atoms with Crippen LogP contribution in [0.3, 0.4) is 0 Å². The average Bonchev–Trinajstić information content (AvgIpc) is 2.54. The van der Waals surface area contributed by atoms with Crippen molar-refractivity contribution in [3.05, 3.63) is 85.5 Å². The van der Waals surface area contributed by atoms with E-state index in [0.29, 0.717) is 0 Å². The summed E-state index contributed by atoms with van der Waals surface area (Å²) in [5.74, 6) is 0. The van der Waals surface area contributed by atoms with E-state index in [9.17, 15) is 4.89 Å². The molecule has 0 aliphatic heterocycles. The van der Waals surface area contributed by atoms with E-state index in [-0.39, 0.29) is 0 Å². The fourth-order valence-electron chi connectivity index (χ4n) is 1.52. The van der Waals surface area contributed by atoms with Gasteiger partial charge in [0.25, 0.3) is 0 Å². The van der Waals surface area contributed by atoms with Crippen molar-refractivity contribution in [2.24, 2.45) is 0 Å². The van der Waals surface area contributed by atoms with E-state index in [4.69, 9.17) is 0 Å². The highest BCUT2D eigenvalue weighted by Crippen LogP contribution is 2.26. The minimum Gasteiger partial charge on any atom is -0.364 e. The molecule has 0 amide bonds. The van der Waals surface area contributed by atoms with Crippen molar-refractivity contribution in [1.29, 1.82) is 0 Å². The minimum absolute atomic E-state index is 0.994. The normalized spacial score (nSPS) is 10.2. The summed E-state index contributed by atoms with van der Waals surface area (Å²) < 4.78 is 0. The molecule has 0 aliphatic rings. The number of benzene rings is 2. The summed E-state index contributed by atoms with van der Waals surface area (Å²) in [6.45, 7) is 5.55. The zero-order valence-electron chi connectivity index (χ0n) is 11.8. The van der Waals surface area contributed by atoms with E-state index < -0.39 is 8.15 Å². The predicted octanol–water partition coefficient (Wildman–Crippen LogP) is 4.17. The van der Waals surface area contributed by atoms with Gasteiger partial charge in [-0.2, -0.15) is 0 Å². The molecule has 0 saturated carbocycles. The van der Waals surface area contributed by atoms with Gasteiger partial charge in [0.2, 0.25) is 0 Å². The molecule has 2 aromatic rings. The van der Waals surface area contributed by atoms with Gasteiger partial charge in [-0.1, -0.05) is 78.9 Å². The lowest BCUT2D eigenvalue weighted by atomic mass is 10.4. The third-order valence-corrected chi connectivity index (χ3v) is 4.11. The van der Waals surface area contributed by atoms with Gasteiger partial charge in [0.1, 0.15) is 0 Å². The molecule has 0 radical (unpaired) electrons. The van der Waals surface area contributed by atoms with Crippen molar-refractivity contribution >= 4 is 18.8 Å². The van der Waals surface area contributed by atoms with Crippen molar-refractivity contribution in [2.75, 3.05) is 0 Å². The number of hydrogen-bond acceptors (Lipinski definition) is 1. The molecular weight excluding hydrogens is 263 g/mol. The number of allylic oxidation sites excluding steroid dienone is 3. The maximum atomic E-state index is 10.1. The van der Waals surface area contributed by atoms with E-state index in [2.05, 4.69) is 12.7 Å². The second-order valence-corrected chi connectivity index (χ2v) is 5.73. The SMILES string of the molecule is C=CC/C=C/C.OP(c1ccccc1)c1ccccc1. The third kappa shape index (κ3) is 5.97. The fraction of sp³-hybridized carbons (Fsp3) is 0.111. The molecule has 2 heteroatoms. The van der Waals surface area contributed by atoms with E-state index in [1.807, 2.05) is 79.7 Å². The molecule has 104 valence electrons. The Morgan fingerprint density at radius 3 is 1.70 bits per heavy atom. The van der Waals surface area contributed by atoms with Crippen molar-refractivity contribution < 1.29 is 4.89 Å². The summed E-state index contributed by atoms with van der Waals surface area (Å²) in [4.78, 5) is 10.1. The second kappa shape index (κ2) is 10.1. The Morgan fingerprint density at radius 2 is 1.40 bits per heavy atom. The van der Waals surface area contributed by atoms with Gasteiger partial charge >= 0.3 is 0 Å². The van der Waals surface area contributed by atoms with Crippen molar-refractivity contribution in [2.45, 2.75) is 13.3 Å². The molecule has 2 aromatic carbocycles. The third-order valence-electron chi connectivity index (χ3n) is 2.54. The van der Waals surface area contributed by atoms with E-state index >= 15 is 0 Å². The van der Waals surface area contributed by atoms with Crippen LogP contribution in [0.2, 0.25) is 0 Å². The molecule has 2 rings (SSSR count). The van der Waals surface area contributed by atoms with E-state index in [1.54, 1.807) is 0 Å². The summed E-state index contributed by atoms with van der Waals surface area (Å²) in [7, 11) is -1.17. The molecule has 0 unspecified atom stereocenters. The highest BCUT2D eigenvalue weighted by molar-refractivity contribution is 7.67. The molecule has 1 nitrogen and oxygen atoms in total. The molecule has 0 atom stereocenters. The number of rotatable bonds is 4. The van der Waals surface area contributed by atoms with Gasteiger partial charge < -0.3 is 4.89 Å². The predicted molar refractivity (Wildman–Crippen MR) is 90.9 cm³/mol. The van der Waals surface area contributed by atoms with Gasteiger partial charge in [0.15, 0.2) is 0 Å². The highest BCUT2D eigenvalue weighted by Gasteiger charge is 2.08. The Bertz CT molecular complexity index is 466. The van der Waals surface area contributed by atoms with Crippen LogP contribution in [-0.4, -0.2) is 4.89 Å². The van der Waals surface area contributed by atoms with Gasteiger partial charge in [-0.05, 0) is 13.3 Å². The maximum absolute atomic E-state index is 10.1. The molecular formula is C18H21OP. The van der Waals surface area contributed by atoms with Crippen LogP contribution in [0.25, 0.3) is 0 Å². The van der Waals surface area contributed by atoms with Crippen LogP contribution >= 0.6 is 8.15 Å². The first kappa shape index (κ1) is 16.4. The van der Waals surface area contributed by atoms with Gasteiger partial charge in [-0.15, -0.1) is 6.58 Å². The molecule has 0 bridgehead atoms. The van der Waals surface area contributed by atoms with Crippen LogP contribution in [0.1, 0.15) is 13.3 Å². The molecule has 0 fully saturated rings. The molecule has 0 saturated heterocycles. The molecule has 20 heavy (non-hydrogen) atoms. The molecule has 0 spiro atoms. The van der Waals surface area contributed by atoms with Gasteiger partial charge in [-0.3, -0.25) is 0 Å². The lowest BCUT2D eigenvalue weighted by Crippen LogP contribution is -2.09. The topological polar surface area (TPSA) is 20.2 Å².